The van der Waals surface area contributed by atoms with E-state index in [0.717, 1.165) is 42.6 Å². The van der Waals surface area contributed by atoms with Gasteiger partial charge in [0.25, 0.3) is 0 Å². The van der Waals surface area contributed by atoms with E-state index >= 15 is 0 Å². The molecule has 1 aromatic heterocycles. The van der Waals surface area contributed by atoms with Crippen LogP contribution in [-0.4, -0.2) is 21.2 Å². The summed E-state index contributed by atoms with van der Waals surface area (Å²) in [7, 11) is 0. The fourth-order valence-corrected chi connectivity index (χ4v) is 3.87. The molecule has 5 nitrogen and oxygen atoms in total. The van der Waals surface area contributed by atoms with Gasteiger partial charge in [-0.05, 0) is 57.9 Å². The third kappa shape index (κ3) is 3.65. The summed E-state index contributed by atoms with van der Waals surface area (Å²) in [5.74, 6) is -0.431. The van der Waals surface area contributed by atoms with E-state index in [4.69, 9.17) is 5.73 Å². The molecule has 6 heteroatoms. The number of carbonyl (C=O) groups excluding carboxylic acids is 1. The predicted octanol–water partition coefficient (Wildman–Crippen LogP) is 3.40. The third-order valence-electron chi connectivity index (χ3n) is 5.52. The highest BCUT2D eigenvalue weighted by molar-refractivity contribution is 5.80. The predicted molar refractivity (Wildman–Crippen MR) is 99.4 cm³/mol. The van der Waals surface area contributed by atoms with Crippen molar-refractivity contribution < 1.29 is 9.18 Å². The zero-order chi connectivity index (χ0) is 18.9. The van der Waals surface area contributed by atoms with Gasteiger partial charge in [-0.25, -0.2) is 9.07 Å². The SMILES string of the molecule is Cc1c(C(C)NC(=O)C2CCCCC2(C)N)cnn1-c1ccc(F)cc1. The second-order valence-electron chi connectivity index (χ2n) is 7.61. The van der Waals surface area contributed by atoms with Gasteiger partial charge >= 0.3 is 0 Å². The Labute approximate surface area is 153 Å². The molecule has 26 heavy (non-hydrogen) atoms. The molecule has 1 amide bonds. The lowest BCUT2D eigenvalue weighted by Crippen LogP contribution is -2.53. The Hall–Kier alpha value is -2.21. The molecule has 3 N–H and O–H groups in total. The Morgan fingerprint density at radius 3 is 2.73 bits per heavy atom. The number of rotatable bonds is 4. The minimum Gasteiger partial charge on any atom is -0.349 e. The molecule has 1 fully saturated rings. The molecule has 3 rings (SSSR count). The highest BCUT2D eigenvalue weighted by atomic mass is 19.1. The average molecular weight is 358 g/mol. The summed E-state index contributed by atoms with van der Waals surface area (Å²) < 4.78 is 14.9. The molecule has 1 aliphatic carbocycles. The van der Waals surface area contributed by atoms with E-state index in [9.17, 15) is 9.18 Å². The number of nitrogens with zero attached hydrogens (tertiary/aromatic N) is 2. The van der Waals surface area contributed by atoms with E-state index in [2.05, 4.69) is 10.4 Å². The van der Waals surface area contributed by atoms with Crippen molar-refractivity contribution in [2.75, 3.05) is 0 Å². The lowest BCUT2D eigenvalue weighted by atomic mass is 9.74. The fourth-order valence-electron chi connectivity index (χ4n) is 3.87. The summed E-state index contributed by atoms with van der Waals surface area (Å²) in [5.41, 5.74) is 8.55. The van der Waals surface area contributed by atoms with Crippen LogP contribution in [0.4, 0.5) is 4.39 Å². The van der Waals surface area contributed by atoms with Crippen LogP contribution in [0.5, 0.6) is 0 Å². The Morgan fingerprint density at radius 1 is 1.38 bits per heavy atom. The molecule has 1 aromatic carbocycles. The van der Waals surface area contributed by atoms with Crippen LogP contribution in [0, 0.1) is 18.7 Å². The summed E-state index contributed by atoms with van der Waals surface area (Å²) in [6.07, 6.45) is 5.59. The second kappa shape index (κ2) is 7.19. The number of hydrogen-bond donors (Lipinski definition) is 2. The minimum absolute atomic E-state index is 0.0103. The summed E-state index contributed by atoms with van der Waals surface area (Å²) in [6, 6.07) is 6.02. The van der Waals surface area contributed by atoms with Crippen molar-refractivity contribution in [3.63, 3.8) is 0 Å². The van der Waals surface area contributed by atoms with Crippen molar-refractivity contribution >= 4 is 5.91 Å². The van der Waals surface area contributed by atoms with E-state index < -0.39 is 5.54 Å². The highest BCUT2D eigenvalue weighted by Gasteiger charge is 2.38. The molecule has 0 aliphatic heterocycles. The van der Waals surface area contributed by atoms with Gasteiger partial charge in [0.2, 0.25) is 5.91 Å². The van der Waals surface area contributed by atoms with Crippen LogP contribution >= 0.6 is 0 Å². The maximum absolute atomic E-state index is 13.1. The van der Waals surface area contributed by atoms with Crippen molar-refractivity contribution in [3.8, 4) is 5.69 Å². The van der Waals surface area contributed by atoms with E-state index in [-0.39, 0.29) is 23.7 Å². The zero-order valence-corrected chi connectivity index (χ0v) is 15.6. The second-order valence-corrected chi connectivity index (χ2v) is 7.61. The number of hydrogen-bond acceptors (Lipinski definition) is 3. The number of amides is 1. The van der Waals surface area contributed by atoms with Crippen molar-refractivity contribution in [1.29, 1.82) is 0 Å². The molecule has 0 bridgehead atoms. The topological polar surface area (TPSA) is 72.9 Å². The molecule has 2 aromatic rings. The van der Waals surface area contributed by atoms with Crippen molar-refractivity contribution in [1.82, 2.24) is 15.1 Å². The van der Waals surface area contributed by atoms with Crippen molar-refractivity contribution in [2.24, 2.45) is 11.7 Å². The van der Waals surface area contributed by atoms with Crippen LogP contribution in [0.2, 0.25) is 0 Å². The Morgan fingerprint density at radius 2 is 2.08 bits per heavy atom. The van der Waals surface area contributed by atoms with Crippen LogP contribution in [-0.2, 0) is 4.79 Å². The zero-order valence-electron chi connectivity index (χ0n) is 15.6. The summed E-state index contributed by atoms with van der Waals surface area (Å²) in [5, 5.41) is 7.51. The molecule has 0 saturated heterocycles. The van der Waals surface area contributed by atoms with Gasteiger partial charge in [0.1, 0.15) is 5.82 Å². The van der Waals surface area contributed by atoms with Gasteiger partial charge in [-0.3, -0.25) is 4.79 Å². The van der Waals surface area contributed by atoms with Crippen LogP contribution in [0.3, 0.4) is 0 Å². The van der Waals surface area contributed by atoms with Gasteiger partial charge in [0, 0.05) is 16.8 Å². The standard InChI is InChI=1S/C20H27FN4O/c1-13(24-19(26)18-6-4-5-11-20(18,3)22)17-12-23-25(14(17)2)16-9-7-15(21)8-10-16/h7-10,12-13,18H,4-6,11,22H2,1-3H3,(H,24,26). The molecular formula is C20H27FN4O. The molecular weight excluding hydrogens is 331 g/mol. The maximum atomic E-state index is 13.1. The molecule has 140 valence electrons. The Balaban J connectivity index is 1.75. The largest absolute Gasteiger partial charge is 0.349 e. The Kier molecular flexibility index (Phi) is 5.14. The highest BCUT2D eigenvalue weighted by Crippen LogP contribution is 2.32. The third-order valence-corrected chi connectivity index (χ3v) is 5.52. The van der Waals surface area contributed by atoms with Gasteiger partial charge in [-0.1, -0.05) is 12.8 Å². The lowest BCUT2D eigenvalue weighted by Gasteiger charge is -2.37. The minimum atomic E-state index is -0.449. The number of nitrogens with two attached hydrogens (primary N) is 1. The lowest BCUT2D eigenvalue weighted by molar-refractivity contribution is -0.128. The van der Waals surface area contributed by atoms with Crippen LogP contribution in [0.15, 0.2) is 30.5 Å². The van der Waals surface area contributed by atoms with E-state index in [0.29, 0.717) is 0 Å². The van der Waals surface area contributed by atoms with Gasteiger partial charge in [0.05, 0.1) is 23.8 Å². The quantitative estimate of drug-likeness (QED) is 0.880. The van der Waals surface area contributed by atoms with E-state index in [1.54, 1.807) is 23.0 Å². The van der Waals surface area contributed by atoms with Gasteiger partial charge < -0.3 is 11.1 Å². The molecule has 1 aliphatic rings. The molecule has 0 spiro atoms. The summed E-state index contributed by atoms with van der Waals surface area (Å²) in [6.45, 7) is 5.87. The number of carbonyl (C=O) groups is 1. The molecule has 3 atom stereocenters. The first-order valence-electron chi connectivity index (χ1n) is 9.19. The number of aromatic nitrogens is 2. The monoisotopic (exact) mass is 358 g/mol. The molecule has 1 heterocycles. The first-order chi connectivity index (χ1) is 12.3. The molecule has 3 unspecified atom stereocenters. The van der Waals surface area contributed by atoms with Crippen molar-refractivity contribution in [3.05, 3.63) is 47.5 Å². The first kappa shape index (κ1) is 18.6. The molecule has 0 radical (unpaired) electrons. The van der Waals surface area contributed by atoms with Crippen LogP contribution in [0.1, 0.15) is 56.8 Å². The number of nitrogens with one attached hydrogen (secondary N) is 1. The van der Waals surface area contributed by atoms with Crippen molar-refractivity contribution in [2.45, 2.75) is 58.0 Å². The average Bonchev–Trinajstić information content (AvgIpc) is 2.96. The van der Waals surface area contributed by atoms with Crippen LogP contribution < -0.4 is 11.1 Å². The van der Waals surface area contributed by atoms with Gasteiger partial charge in [-0.2, -0.15) is 5.10 Å². The number of halogens is 1. The molecule has 1 saturated carbocycles. The maximum Gasteiger partial charge on any atom is 0.225 e. The van der Waals surface area contributed by atoms with Gasteiger partial charge in [0.15, 0.2) is 0 Å². The smallest absolute Gasteiger partial charge is 0.225 e. The summed E-state index contributed by atoms with van der Waals surface area (Å²) in [4.78, 5) is 12.8. The van der Waals surface area contributed by atoms with Crippen LogP contribution in [0.25, 0.3) is 5.69 Å². The summed E-state index contributed by atoms with van der Waals surface area (Å²) >= 11 is 0. The van der Waals surface area contributed by atoms with E-state index in [1.807, 2.05) is 20.8 Å². The fraction of sp³-hybridized carbons (Fsp3) is 0.500. The normalized spacial score (nSPS) is 24.3. The number of benzene rings is 1. The first-order valence-corrected chi connectivity index (χ1v) is 9.19. The Bertz CT molecular complexity index is 782. The van der Waals surface area contributed by atoms with Gasteiger partial charge in [-0.15, -0.1) is 0 Å². The van der Waals surface area contributed by atoms with E-state index in [1.165, 1.54) is 12.1 Å².